The Bertz CT molecular complexity index is 408. The molecule has 0 fully saturated rings. The van der Waals surface area contributed by atoms with Crippen LogP contribution in [0.2, 0.25) is 0 Å². The molecule has 1 aliphatic rings. The van der Waals surface area contributed by atoms with Gasteiger partial charge < -0.3 is 15.6 Å². The van der Waals surface area contributed by atoms with E-state index in [0.29, 0.717) is 6.54 Å². The van der Waals surface area contributed by atoms with E-state index in [1.165, 1.54) is 0 Å². The van der Waals surface area contributed by atoms with Gasteiger partial charge in [0.15, 0.2) is 0 Å². The van der Waals surface area contributed by atoms with Crippen molar-refractivity contribution in [1.29, 1.82) is 0 Å². The monoisotopic (exact) mass is 219 g/mol. The van der Waals surface area contributed by atoms with Gasteiger partial charge in [0, 0.05) is 32.0 Å². The second kappa shape index (κ2) is 4.53. The van der Waals surface area contributed by atoms with Gasteiger partial charge in [-0.15, -0.1) is 0 Å². The van der Waals surface area contributed by atoms with Crippen LogP contribution in [0, 0.1) is 5.92 Å². The molecule has 0 spiro atoms. The lowest BCUT2D eigenvalue weighted by Crippen LogP contribution is -2.30. The molecular weight excluding hydrogens is 202 g/mol. The fourth-order valence-electron chi connectivity index (χ4n) is 1.91. The molecule has 4 nitrogen and oxygen atoms in total. The average molecular weight is 219 g/mol. The Morgan fingerprint density at radius 1 is 1.62 bits per heavy atom. The van der Waals surface area contributed by atoms with E-state index in [-0.39, 0.29) is 17.9 Å². The Hall–Kier alpha value is -1.55. The molecule has 1 aromatic heterocycles. The van der Waals surface area contributed by atoms with Crippen LogP contribution in [0.25, 0.3) is 0 Å². The first-order valence-corrected chi connectivity index (χ1v) is 5.47. The van der Waals surface area contributed by atoms with Gasteiger partial charge in [-0.05, 0) is 18.1 Å². The summed E-state index contributed by atoms with van der Waals surface area (Å²) in [6.07, 6.45) is 8.47. The molecule has 1 aliphatic carbocycles. The van der Waals surface area contributed by atoms with Crippen molar-refractivity contribution >= 4 is 5.91 Å². The van der Waals surface area contributed by atoms with Gasteiger partial charge in [-0.25, -0.2) is 0 Å². The van der Waals surface area contributed by atoms with E-state index in [9.17, 15) is 4.79 Å². The molecule has 0 saturated carbocycles. The van der Waals surface area contributed by atoms with Crippen molar-refractivity contribution in [3.63, 3.8) is 0 Å². The number of hydrogen-bond acceptors (Lipinski definition) is 2. The van der Waals surface area contributed by atoms with E-state index in [2.05, 4.69) is 5.32 Å². The van der Waals surface area contributed by atoms with Crippen LogP contribution in [0.15, 0.2) is 30.6 Å². The molecule has 0 aromatic carbocycles. The predicted molar refractivity (Wildman–Crippen MR) is 62.5 cm³/mol. The number of carbonyl (C=O) groups is 1. The largest absolute Gasteiger partial charge is 0.357 e. The van der Waals surface area contributed by atoms with Gasteiger partial charge in [0.25, 0.3) is 0 Å². The minimum Gasteiger partial charge on any atom is -0.357 e. The maximum atomic E-state index is 11.7. The highest BCUT2D eigenvalue weighted by atomic mass is 16.1. The summed E-state index contributed by atoms with van der Waals surface area (Å²) in [5.41, 5.74) is 6.82. The van der Waals surface area contributed by atoms with Gasteiger partial charge in [-0.1, -0.05) is 12.2 Å². The van der Waals surface area contributed by atoms with Crippen LogP contribution in [-0.4, -0.2) is 16.5 Å². The quantitative estimate of drug-likeness (QED) is 0.729. The van der Waals surface area contributed by atoms with E-state index in [1.807, 2.05) is 42.2 Å². The van der Waals surface area contributed by atoms with Crippen LogP contribution in [0.5, 0.6) is 0 Å². The van der Waals surface area contributed by atoms with Crippen LogP contribution in [0.3, 0.4) is 0 Å². The third kappa shape index (κ3) is 2.52. The summed E-state index contributed by atoms with van der Waals surface area (Å²) < 4.78 is 1.97. The molecule has 0 bridgehead atoms. The molecule has 86 valence electrons. The molecule has 1 aromatic rings. The van der Waals surface area contributed by atoms with E-state index < -0.39 is 0 Å². The van der Waals surface area contributed by atoms with Gasteiger partial charge >= 0.3 is 0 Å². The highest BCUT2D eigenvalue weighted by molar-refractivity contribution is 5.81. The maximum absolute atomic E-state index is 11.7. The van der Waals surface area contributed by atoms with Gasteiger partial charge in [-0.2, -0.15) is 0 Å². The maximum Gasteiger partial charge on any atom is 0.227 e. The normalized spacial score (nSPS) is 23.6. The zero-order valence-corrected chi connectivity index (χ0v) is 9.39. The first-order valence-electron chi connectivity index (χ1n) is 5.47. The molecule has 16 heavy (non-hydrogen) atoms. The molecule has 4 heteroatoms. The fourth-order valence-corrected chi connectivity index (χ4v) is 1.91. The van der Waals surface area contributed by atoms with E-state index in [4.69, 9.17) is 5.73 Å². The summed E-state index contributed by atoms with van der Waals surface area (Å²) in [7, 11) is 1.96. The van der Waals surface area contributed by atoms with Gasteiger partial charge in [0.05, 0.1) is 5.92 Å². The SMILES string of the molecule is Cn1ccc(CNC(=O)C2C=CC(N)C2)c1. The molecule has 1 heterocycles. The molecule has 0 aliphatic heterocycles. The van der Waals surface area contributed by atoms with Gasteiger partial charge in [0.1, 0.15) is 0 Å². The Morgan fingerprint density at radius 3 is 3.00 bits per heavy atom. The number of rotatable bonds is 3. The van der Waals surface area contributed by atoms with Crippen molar-refractivity contribution in [2.75, 3.05) is 0 Å². The van der Waals surface area contributed by atoms with E-state index in [1.54, 1.807) is 0 Å². The fraction of sp³-hybridized carbons (Fsp3) is 0.417. The van der Waals surface area contributed by atoms with Crippen molar-refractivity contribution in [3.05, 3.63) is 36.2 Å². The van der Waals surface area contributed by atoms with Crippen molar-refractivity contribution in [2.24, 2.45) is 18.7 Å². The average Bonchev–Trinajstić information content (AvgIpc) is 2.84. The number of aryl methyl sites for hydroxylation is 1. The molecular formula is C12H17N3O. The van der Waals surface area contributed by atoms with Crippen LogP contribution >= 0.6 is 0 Å². The predicted octanol–water partition coefficient (Wildman–Crippen LogP) is 0.545. The minimum absolute atomic E-state index is 0.0347. The van der Waals surface area contributed by atoms with Gasteiger partial charge in [0.2, 0.25) is 5.91 Å². The lowest BCUT2D eigenvalue weighted by molar-refractivity contribution is -0.123. The van der Waals surface area contributed by atoms with Gasteiger partial charge in [-0.3, -0.25) is 4.79 Å². The zero-order valence-electron chi connectivity index (χ0n) is 9.39. The molecule has 2 rings (SSSR count). The minimum atomic E-state index is -0.0567. The Kier molecular flexibility index (Phi) is 3.10. The van der Waals surface area contributed by atoms with Crippen molar-refractivity contribution < 1.29 is 4.79 Å². The molecule has 1 amide bonds. The zero-order chi connectivity index (χ0) is 11.5. The molecule has 2 atom stereocenters. The number of aromatic nitrogens is 1. The Balaban J connectivity index is 1.82. The molecule has 2 unspecified atom stereocenters. The number of amides is 1. The second-order valence-electron chi connectivity index (χ2n) is 4.29. The summed E-state index contributed by atoms with van der Waals surface area (Å²) in [5.74, 6) is 0.00626. The third-order valence-corrected chi connectivity index (χ3v) is 2.81. The third-order valence-electron chi connectivity index (χ3n) is 2.81. The van der Waals surface area contributed by atoms with Crippen molar-refractivity contribution in [3.8, 4) is 0 Å². The first kappa shape index (κ1) is 11.0. The number of hydrogen-bond donors (Lipinski definition) is 2. The lowest BCUT2D eigenvalue weighted by Gasteiger charge is -2.09. The topological polar surface area (TPSA) is 60.0 Å². The summed E-state index contributed by atoms with van der Waals surface area (Å²) in [6.45, 7) is 0.583. The number of nitrogens with two attached hydrogens (primary N) is 1. The Morgan fingerprint density at radius 2 is 2.44 bits per heavy atom. The lowest BCUT2D eigenvalue weighted by atomic mass is 10.1. The highest BCUT2D eigenvalue weighted by Crippen LogP contribution is 2.16. The van der Waals surface area contributed by atoms with Crippen LogP contribution in [-0.2, 0) is 18.4 Å². The first-order chi connectivity index (χ1) is 7.65. The standard InChI is InChI=1S/C12H17N3O/c1-15-5-4-9(8-15)7-14-12(16)10-2-3-11(13)6-10/h2-5,8,10-11H,6-7,13H2,1H3,(H,14,16). The molecule has 3 N–H and O–H groups in total. The summed E-state index contributed by atoms with van der Waals surface area (Å²) in [6, 6.07) is 2.03. The van der Waals surface area contributed by atoms with Crippen LogP contribution in [0.1, 0.15) is 12.0 Å². The Labute approximate surface area is 95.1 Å². The number of nitrogens with zero attached hydrogens (tertiary/aromatic N) is 1. The molecule has 0 radical (unpaired) electrons. The summed E-state index contributed by atoms with van der Waals surface area (Å²) in [4.78, 5) is 11.7. The van der Waals surface area contributed by atoms with E-state index in [0.717, 1.165) is 12.0 Å². The van der Waals surface area contributed by atoms with Crippen LogP contribution in [0.4, 0.5) is 0 Å². The second-order valence-corrected chi connectivity index (χ2v) is 4.29. The highest BCUT2D eigenvalue weighted by Gasteiger charge is 2.22. The van der Waals surface area contributed by atoms with E-state index >= 15 is 0 Å². The molecule has 0 saturated heterocycles. The summed E-state index contributed by atoms with van der Waals surface area (Å²) in [5, 5.41) is 2.92. The van der Waals surface area contributed by atoms with Crippen molar-refractivity contribution in [2.45, 2.75) is 19.0 Å². The van der Waals surface area contributed by atoms with Crippen molar-refractivity contribution in [1.82, 2.24) is 9.88 Å². The number of carbonyl (C=O) groups excluding carboxylic acids is 1. The van der Waals surface area contributed by atoms with Crippen LogP contribution < -0.4 is 11.1 Å². The smallest absolute Gasteiger partial charge is 0.227 e. The summed E-state index contributed by atoms with van der Waals surface area (Å²) >= 11 is 0. The number of nitrogens with one attached hydrogen (secondary N) is 1.